The number of amides is 2. The van der Waals surface area contributed by atoms with Crippen molar-refractivity contribution in [2.24, 2.45) is 0 Å². The molecule has 0 atom stereocenters. The highest BCUT2D eigenvalue weighted by Gasteiger charge is 2.22. The van der Waals surface area contributed by atoms with Crippen molar-refractivity contribution in [2.75, 3.05) is 22.9 Å². The lowest BCUT2D eigenvalue weighted by molar-refractivity contribution is -0.117. The van der Waals surface area contributed by atoms with Gasteiger partial charge in [0.15, 0.2) is 0 Å². The number of rotatable bonds is 6. The van der Waals surface area contributed by atoms with Crippen molar-refractivity contribution in [1.82, 2.24) is 10.2 Å². The Morgan fingerprint density at radius 1 is 1.00 bits per heavy atom. The van der Waals surface area contributed by atoms with Gasteiger partial charge < -0.3 is 0 Å². The van der Waals surface area contributed by atoms with E-state index in [1.807, 2.05) is 0 Å². The van der Waals surface area contributed by atoms with Crippen LogP contribution in [0.2, 0.25) is 0 Å². The van der Waals surface area contributed by atoms with Gasteiger partial charge in [-0.25, -0.2) is 0 Å². The third-order valence-electron chi connectivity index (χ3n) is 2.29. The molecular weight excluding hydrogens is 335 g/mol. The number of carbonyl (C=O) groups is 2. The highest BCUT2D eigenvalue weighted by molar-refractivity contribution is 7.19. The Morgan fingerprint density at radius 2 is 1.33 bits per heavy atom. The van der Waals surface area contributed by atoms with Crippen molar-refractivity contribution < 1.29 is 9.59 Å². The Labute approximate surface area is 136 Å². The summed E-state index contributed by atoms with van der Waals surface area (Å²) in [7, 11) is 0. The van der Waals surface area contributed by atoms with Gasteiger partial charge in [-0.3, -0.25) is 19.4 Å². The first kappa shape index (κ1) is 17.6. The molecule has 9 heteroatoms. The van der Waals surface area contributed by atoms with Gasteiger partial charge in [0.2, 0.25) is 22.1 Å². The minimum Gasteiger partial charge on any atom is -0.282 e. The van der Waals surface area contributed by atoms with Gasteiger partial charge in [-0.15, -0.1) is 10.2 Å². The number of hydrogen-bond donors (Lipinski definition) is 0. The van der Waals surface area contributed by atoms with Crippen LogP contribution < -0.4 is 9.80 Å². The van der Waals surface area contributed by atoms with Crippen LogP contribution in [0, 0.1) is 0 Å². The van der Waals surface area contributed by atoms with Crippen LogP contribution in [0.3, 0.4) is 0 Å². The number of halogens is 2. The molecular formula is C12H14Cl2N4O2S. The first-order chi connectivity index (χ1) is 9.72. The predicted octanol–water partition coefficient (Wildman–Crippen LogP) is 2.75. The second kappa shape index (κ2) is 7.53. The molecule has 0 spiro atoms. The standard InChI is InChI=1S/C12H14Cl2N4O2S/c1-7(13)5-17(9(3)19)11-15-16-12(21-11)18(10(4)20)6-8(2)14/h1-2,5-6H2,3-4H3. The van der Waals surface area contributed by atoms with E-state index >= 15 is 0 Å². The van der Waals surface area contributed by atoms with E-state index in [1.165, 1.54) is 23.6 Å². The van der Waals surface area contributed by atoms with Crippen molar-refractivity contribution in [3.63, 3.8) is 0 Å². The normalized spacial score (nSPS) is 10.1. The van der Waals surface area contributed by atoms with Crippen molar-refractivity contribution in [1.29, 1.82) is 0 Å². The molecule has 0 bridgehead atoms. The van der Waals surface area contributed by atoms with Gasteiger partial charge in [0, 0.05) is 23.9 Å². The summed E-state index contributed by atoms with van der Waals surface area (Å²) in [4.78, 5) is 25.9. The summed E-state index contributed by atoms with van der Waals surface area (Å²) in [5.41, 5.74) is 0. The van der Waals surface area contributed by atoms with Gasteiger partial charge in [-0.2, -0.15) is 0 Å². The van der Waals surface area contributed by atoms with Crippen LogP contribution in [0.25, 0.3) is 0 Å². The third kappa shape index (κ3) is 5.11. The molecule has 1 aromatic rings. The molecule has 1 aromatic heterocycles. The van der Waals surface area contributed by atoms with Crippen LogP contribution in [-0.4, -0.2) is 35.1 Å². The van der Waals surface area contributed by atoms with Crippen LogP contribution in [0.4, 0.5) is 10.3 Å². The lowest BCUT2D eigenvalue weighted by Gasteiger charge is -2.17. The average molecular weight is 349 g/mol. The maximum Gasteiger partial charge on any atom is 0.226 e. The van der Waals surface area contributed by atoms with Crippen molar-refractivity contribution >= 4 is 56.6 Å². The van der Waals surface area contributed by atoms with E-state index in [2.05, 4.69) is 23.4 Å². The van der Waals surface area contributed by atoms with E-state index in [4.69, 9.17) is 23.2 Å². The molecule has 0 unspecified atom stereocenters. The van der Waals surface area contributed by atoms with E-state index in [1.54, 1.807) is 0 Å². The molecule has 1 rings (SSSR count). The average Bonchev–Trinajstić information content (AvgIpc) is 2.80. The molecule has 0 aromatic carbocycles. The first-order valence-corrected chi connectivity index (χ1v) is 7.36. The molecule has 0 N–H and O–H groups in total. The minimum atomic E-state index is -0.254. The fourth-order valence-corrected chi connectivity index (χ4v) is 2.57. The molecule has 0 aliphatic carbocycles. The van der Waals surface area contributed by atoms with Crippen LogP contribution in [0.5, 0.6) is 0 Å². The molecule has 0 saturated carbocycles. The number of aromatic nitrogens is 2. The van der Waals surface area contributed by atoms with E-state index < -0.39 is 0 Å². The van der Waals surface area contributed by atoms with Crippen LogP contribution in [-0.2, 0) is 9.59 Å². The first-order valence-electron chi connectivity index (χ1n) is 5.78. The van der Waals surface area contributed by atoms with Crippen LogP contribution >= 0.6 is 34.5 Å². The second-order valence-electron chi connectivity index (χ2n) is 4.11. The van der Waals surface area contributed by atoms with Crippen LogP contribution in [0.15, 0.2) is 23.2 Å². The van der Waals surface area contributed by atoms with E-state index in [0.29, 0.717) is 20.3 Å². The number of carbonyl (C=O) groups excluding carboxylic acids is 2. The maximum atomic E-state index is 11.6. The molecule has 0 fully saturated rings. The molecule has 21 heavy (non-hydrogen) atoms. The molecule has 2 amide bonds. The highest BCUT2D eigenvalue weighted by Crippen LogP contribution is 2.28. The minimum absolute atomic E-state index is 0.119. The van der Waals surface area contributed by atoms with Gasteiger partial charge in [-0.1, -0.05) is 47.7 Å². The molecule has 1 heterocycles. The zero-order valence-corrected chi connectivity index (χ0v) is 13.9. The summed E-state index contributed by atoms with van der Waals surface area (Å²) in [6.45, 7) is 10.1. The summed E-state index contributed by atoms with van der Waals surface area (Å²) >= 11 is 12.5. The van der Waals surface area contributed by atoms with Gasteiger partial charge in [0.1, 0.15) is 0 Å². The summed E-state index contributed by atoms with van der Waals surface area (Å²) in [5, 5.41) is 9.05. The Morgan fingerprint density at radius 3 is 1.57 bits per heavy atom. The van der Waals surface area contributed by atoms with Crippen molar-refractivity contribution in [3.8, 4) is 0 Å². The summed E-state index contributed by atoms with van der Waals surface area (Å²) in [5.74, 6) is -0.508. The quantitative estimate of drug-likeness (QED) is 0.792. The van der Waals surface area contributed by atoms with E-state index in [9.17, 15) is 9.59 Å². The van der Waals surface area contributed by atoms with Crippen molar-refractivity contribution in [2.45, 2.75) is 13.8 Å². The zero-order valence-electron chi connectivity index (χ0n) is 11.6. The highest BCUT2D eigenvalue weighted by atomic mass is 35.5. The largest absolute Gasteiger partial charge is 0.282 e. The smallest absolute Gasteiger partial charge is 0.226 e. The fraction of sp³-hybridized carbons (Fsp3) is 0.333. The Bertz CT molecular complexity index is 539. The van der Waals surface area contributed by atoms with E-state index in [-0.39, 0.29) is 24.9 Å². The van der Waals surface area contributed by atoms with Gasteiger partial charge >= 0.3 is 0 Å². The Balaban J connectivity index is 3.06. The van der Waals surface area contributed by atoms with Gasteiger partial charge in [0.05, 0.1) is 13.1 Å². The molecule has 0 radical (unpaired) electrons. The summed E-state index contributed by atoms with van der Waals surface area (Å²) in [6.07, 6.45) is 0. The molecule has 114 valence electrons. The summed E-state index contributed by atoms with van der Waals surface area (Å²) in [6, 6.07) is 0. The van der Waals surface area contributed by atoms with E-state index in [0.717, 1.165) is 11.3 Å². The molecule has 0 aliphatic rings. The number of nitrogens with zero attached hydrogens (tertiary/aromatic N) is 4. The maximum absolute atomic E-state index is 11.6. The SMILES string of the molecule is C=C(Cl)CN(C(C)=O)c1nnc(N(CC(=C)Cl)C(C)=O)s1. The Hall–Kier alpha value is -1.44. The monoisotopic (exact) mass is 348 g/mol. The lowest BCUT2D eigenvalue weighted by Crippen LogP contribution is -2.29. The second-order valence-corrected chi connectivity index (χ2v) is 6.12. The predicted molar refractivity (Wildman–Crippen MR) is 85.9 cm³/mol. The molecule has 6 nitrogen and oxygen atoms in total. The topological polar surface area (TPSA) is 66.4 Å². The van der Waals surface area contributed by atoms with Gasteiger partial charge in [-0.05, 0) is 0 Å². The summed E-state index contributed by atoms with van der Waals surface area (Å²) < 4.78 is 0. The molecule has 0 saturated heterocycles. The van der Waals surface area contributed by atoms with Crippen molar-refractivity contribution in [3.05, 3.63) is 23.2 Å². The van der Waals surface area contributed by atoms with Crippen LogP contribution in [0.1, 0.15) is 13.8 Å². The molecule has 0 aliphatic heterocycles. The third-order valence-corrected chi connectivity index (χ3v) is 3.49. The lowest BCUT2D eigenvalue weighted by atomic mass is 10.5. The van der Waals surface area contributed by atoms with Gasteiger partial charge in [0.25, 0.3) is 0 Å². The fourth-order valence-electron chi connectivity index (χ4n) is 1.40. The number of anilines is 2. The zero-order chi connectivity index (χ0) is 16.2. The number of hydrogen-bond acceptors (Lipinski definition) is 5. The Kier molecular flexibility index (Phi) is 6.32.